The zero-order valence-corrected chi connectivity index (χ0v) is 12.4. The van der Waals surface area contributed by atoms with Crippen molar-refractivity contribution in [1.29, 1.82) is 0 Å². The van der Waals surface area contributed by atoms with E-state index in [4.69, 9.17) is 16.6 Å². The van der Waals surface area contributed by atoms with Crippen molar-refractivity contribution in [2.45, 2.75) is 38.6 Å². The fourth-order valence-electron chi connectivity index (χ4n) is 4.35. The highest BCUT2D eigenvalue weighted by atomic mass is 32.1. The summed E-state index contributed by atoms with van der Waals surface area (Å²) in [6.07, 6.45) is 9.00. The molecule has 2 aromatic rings. The van der Waals surface area contributed by atoms with Crippen LogP contribution in [0.15, 0.2) is 23.0 Å². The average Bonchev–Trinajstić information content (AvgIpc) is 3.21. The van der Waals surface area contributed by atoms with Gasteiger partial charge in [0, 0.05) is 6.04 Å². The summed E-state index contributed by atoms with van der Waals surface area (Å²) in [6, 6.07) is 2.34. The number of aromatic amines is 1. The lowest BCUT2D eigenvalue weighted by Gasteiger charge is -2.29. The molecule has 0 spiro atoms. The van der Waals surface area contributed by atoms with Crippen LogP contribution in [0.1, 0.15) is 38.6 Å². The molecule has 2 bridgehead atoms. The number of fused-ring (bicyclic) bond motifs is 2. The minimum atomic E-state index is 0.404. The molecule has 4 rings (SSSR count). The third-order valence-corrected chi connectivity index (χ3v) is 5.59. The minimum Gasteiger partial charge on any atom is -0.472 e. The first kappa shape index (κ1) is 12.4. The van der Waals surface area contributed by atoms with E-state index in [9.17, 15) is 0 Å². The van der Waals surface area contributed by atoms with Crippen LogP contribution in [0.5, 0.6) is 0 Å². The van der Waals surface area contributed by atoms with Gasteiger partial charge in [-0.3, -0.25) is 9.67 Å². The smallest absolute Gasteiger partial charge is 0.195 e. The molecule has 2 heterocycles. The van der Waals surface area contributed by atoms with E-state index < -0.39 is 0 Å². The Hall–Kier alpha value is -1.36. The average molecular weight is 289 g/mol. The van der Waals surface area contributed by atoms with Gasteiger partial charge in [-0.2, -0.15) is 5.10 Å². The van der Waals surface area contributed by atoms with E-state index in [2.05, 4.69) is 21.7 Å². The van der Waals surface area contributed by atoms with Crippen LogP contribution in [-0.4, -0.2) is 14.8 Å². The third-order valence-electron chi connectivity index (χ3n) is 5.30. The summed E-state index contributed by atoms with van der Waals surface area (Å²) in [4.78, 5) is 0. The quantitative estimate of drug-likeness (QED) is 0.861. The van der Waals surface area contributed by atoms with Crippen LogP contribution in [-0.2, 0) is 0 Å². The molecule has 2 aliphatic carbocycles. The Balaban J connectivity index is 1.71. The molecule has 0 aliphatic heterocycles. The van der Waals surface area contributed by atoms with Crippen molar-refractivity contribution in [2.75, 3.05) is 0 Å². The first-order valence-corrected chi connectivity index (χ1v) is 7.84. The van der Waals surface area contributed by atoms with Crippen molar-refractivity contribution in [3.8, 4) is 11.4 Å². The van der Waals surface area contributed by atoms with Crippen molar-refractivity contribution >= 4 is 12.2 Å². The van der Waals surface area contributed by atoms with E-state index in [0.29, 0.717) is 6.04 Å². The molecule has 4 unspecified atom stereocenters. The van der Waals surface area contributed by atoms with E-state index in [1.165, 1.54) is 25.7 Å². The van der Waals surface area contributed by atoms with Gasteiger partial charge in [-0.15, -0.1) is 0 Å². The molecule has 106 valence electrons. The lowest BCUT2D eigenvalue weighted by atomic mass is 9.84. The number of rotatable bonds is 3. The lowest BCUT2D eigenvalue weighted by Crippen LogP contribution is -2.22. The molecule has 2 fully saturated rings. The maximum Gasteiger partial charge on any atom is 0.195 e. The van der Waals surface area contributed by atoms with Crippen LogP contribution < -0.4 is 0 Å². The van der Waals surface area contributed by atoms with Crippen LogP contribution >= 0.6 is 12.2 Å². The van der Waals surface area contributed by atoms with Gasteiger partial charge in [0.25, 0.3) is 0 Å². The number of furan rings is 1. The highest BCUT2D eigenvalue weighted by Gasteiger charge is 2.42. The molecular formula is C15H19N3OS. The second-order valence-corrected chi connectivity index (χ2v) is 6.70. The van der Waals surface area contributed by atoms with E-state index in [0.717, 1.165) is 33.9 Å². The molecule has 2 aliphatic rings. The van der Waals surface area contributed by atoms with Crippen molar-refractivity contribution in [3.05, 3.63) is 23.4 Å². The summed E-state index contributed by atoms with van der Waals surface area (Å²) in [6.45, 7) is 2.29. The monoisotopic (exact) mass is 289 g/mol. The maximum absolute atomic E-state index is 5.46. The summed E-state index contributed by atoms with van der Waals surface area (Å²) >= 11 is 5.46. The van der Waals surface area contributed by atoms with E-state index in [-0.39, 0.29) is 0 Å². The standard InChI is InChI=1S/C15H19N3OS/c1-9(13-7-10-2-3-11(13)6-10)18-14(16-17-15(18)20)12-4-5-19-8-12/h4-5,8-11,13H,2-3,6-7H2,1H3,(H,17,20). The van der Waals surface area contributed by atoms with Crippen molar-refractivity contribution in [1.82, 2.24) is 14.8 Å². The largest absolute Gasteiger partial charge is 0.472 e. The van der Waals surface area contributed by atoms with Crippen LogP contribution in [0, 0.1) is 22.5 Å². The van der Waals surface area contributed by atoms with Gasteiger partial charge >= 0.3 is 0 Å². The summed E-state index contributed by atoms with van der Waals surface area (Å²) in [5.74, 6) is 3.47. The molecule has 2 aromatic heterocycles. The lowest BCUT2D eigenvalue weighted by molar-refractivity contribution is 0.242. The first-order valence-electron chi connectivity index (χ1n) is 7.43. The van der Waals surface area contributed by atoms with Crippen LogP contribution in [0.2, 0.25) is 0 Å². The zero-order valence-electron chi connectivity index (χ0n) is 11.6. The Labute approximate surface area is 123 Å². The van der Waals surface area contributed by atoms with Gasteiger partial charge in [0.15, 0.2) is 10.6 Å². The van der Waals surface area contributed by atoms with Gasteiger partial charge in [-0.25, -0.2) is 0 Å². The van der Waals surface area contributed by atoms with Gasteiger partial charge in [0.1, 0.15) is 6.26 Å². The highest BCUT2D eigenvalue weighted by Crippen LogP contribution is 2.52. The Kier molecular flexibility index (Phi) is 2.84. The molecule has 2 saturated carbocycles. The molecule has 0 amide bonds. The second kappa shape index (κ2) is 4.58. The molecule has 4 nitrogen and oxygen atoms in total. The fourth-order valence-corrected chi connectivity index (χ4v) is 4.65. The van der Waals surface area contributed by atoms with Crippen LogP contribution in [0.25, 0.3) is 11.4 Å². The summed E-state index contributed by atoms with van der Waals surface area (Å²) in [5, 5.41) is 7.35. The topological polar surface area (TPSA) is 46.8 Å². The third kappa shape index (κ3) is 1.79. The van der Waals surface area contributed by atoms with Crippen molar-refractivity contribution in [2.24, 2.45) is 17.8 Å². The second-order valence-electron chi connectivity index (χ2n) is 6.31. The predicted octanol–water partition coefficient (Wildman–Crippen LogP) is 4.20. The highest BCUT2D eigenvalue weighted by molar-refractivity contribution is 7.71. The number of nitrogens with zero attached hydrogens (tertiary/aromatic N) is 2. The summed E-state index contributed by atoms with van der Waals surface area (Å²) in [7, 11) is 0. The molecule has 4 atom stereocenters. The van der Waals surface area contributed by atoms with E-state index in [1.54, 1.807) is 12.5 Å². The Bertz CT molecular complexity index is 657. The van der Waals surface area contributed by atoms with Gasteiger partial charge in [0.05, 0.1) is 11.8 Å². The molecule has 5 heteroatoms. The van der Waals surface area contributed by atoms with Gasteiger partial charge < -0.3 is 4.42 Å². The summed E-state index contributed by atoms with van der Waals surface area (Å²) < 4.78 is 8.09. The summed E-state index contributed by atoms with van der Waals surface area (Å²) in [5.41, 5.74) is 0.993. The molecule has 0 radical (unpaired) electrons. The fraction of sp³-hybridized carbons (Fsp3) is 0.600. The number of H-pyrrole nitrogens is 1. The van der Waals surface area contributed by atoms with E-state index in [1.807, 2.05) is 6.07 Å². The van der Waals surface area contributed by atoms with Crippen molar-refractivity contribution < 1.29 is 4.42 Å². The minimum absolute atomic E-state index is 0.404. The Morgan fingerprint density at radius 1 is 1.45 bits per heavy atom. The van der Waals surface area contributed by atoms with Gasteiger partial charge in [0.2, 0.25) is 0 Å². The van der Waals surface area contributed by atoms with E-state index >= 15 is 0 Å². The number of hydrogen-bond donors (Lipinski definition) is 1. The normalized spacial score (nSPS) is 29.9. The zero-order chi connectivity index (χ0) is 13.7. The number of aromatic nitrogens is 3. The molecular weight excluding hydrogens is 270 g/mol. The molecule has 1 N–H and O–H groups in total. The Morgan fingerprint density at radius 2 is 2.35 bits per heavy atom. The Morgan fingerprint density at radius 3 is 3.00 bits per heavy atom. The number of nitrogens with one attached hydrogen (secondary N) is 1. The van der Waals surface area contributed by atoms with Gasteiger partial charge in [-0.1, -0.05) is 6.42 Å². The van der Waals surface area contributed by atoms with Crippen molar-refractivity contribution in [3.63, 3.8) is 0 Å². The van der Waals surface area contributed by atoms with Crippen LogP contribution in [0.3, 0.4) is 0 Å². The SMILES string of the molecule is CC(C1CC2CCC1C2)n1c(-c2ccoc2)n[nH]c1=S. The first-order chi connectivity index (χ1) is 9.74. The molecule has 0 aromatic carbocycles. The number of hydrogen-bond acceptors (Lipinski definition) is 3. The van der Waals surface area contributed by atoms with Gasteiger partial charge in [-0.05, 0) is 62.2 Å². The predicted molar refractivity (Wildman–Crippen MR) is 78.8 cm³/mol. The molecule has 20 heavy (non-hydrogen) atoms. The maximum atomic E-state index is 5.46. The van der Waals surface area contributed by atoms with Crippen LogP contribution in [0.4, 0.5) is 0 Å². The molecule has 0 saturated heterocycles.